The Kier molecular flexibility index (Phi) is 4.73. The SMILES string of the molecule is CC(C)C(C)(O)CNCCc1cccc2cccnc12. The Morgan fingerprint density at radius 3 is 2.75 bits per heavy atom. The van der Waals surface area contributed by atoms with Crippen LogP contribution in [0.4, 0.5) is 0 Å². The van der Waals surface area contributed by atoms with Crippen molar-refractivity contribution < 1.29 is 5.11 Å². The summed E-state index contributed by atoms with van der Waals surface area (Å²) in [4.78, 5) is 4.46. The molecule has 1 atom stereocenters. The summed E-state index contributed by atoms with van der Waals surface area (Å²) in [5.74, 6) is 0.245. The molecule has 1 heterocycles. The zero-order chi connectivity index (χ0) is 14.6. The van der Waals surface area contributed by atoms with Gasteiger partial charge in [-0.05, 0) is 37.4 Å². The summed E-state index contributed by atoms with van der Waals surface area (Å²) in [6.07, 6.45) is 2.76. The van der Waals surface area contributed by atoms with E-state index in [0.717, 1.165) is 18.5 Å². The van der Waals surface area contributed by atoms with Gasteiger partial charge in [-0.15, -0.1) is 0 Å². The second-order valence-electron chi connectivity index (χ2n) is 5.93. The van der Waals surface area contributed by atoms with Crippen LogP contribution in [0, 0.1) is 5.92 Å². The normalized spacial score (nSPS) is 14.7. The summed E-state index contributed by atoms with van der Waals surface area (Å²) in [7, 11) is 0. The molecule has 3 heteroatoms. The van der Waals surface area contributed by atoms with Crippen LogP contribution in [0.1, 0.15) is 26.3 Å². The first kappa shape index (κ1) is 14.9. The molecule has 0 radical (unpaired) electrons. The fraction of sp³-hybridized carbons (Fsp3) is 0.471. The number of hydrogen-bond acceptors (Lipinski definition) is 3. The Morgan fingerprint density at radius 2 is 2.00 bits per heavy atom. The van der Waals surface area contributed by atoms with E-state index in [-0.39, 0.29) is 5.92 Å². The maximum atomic E-state index is 10.2. The lowest BCUT2D eigenvalue weighted by molar-refractivity contribution is 0.0145. The van der Waals surface area contributed by atoms with Crippen molar-refractivity contribution in [1.82, 2.24) is 10.3 Å². The Balaban J connectivity index is 1.94. The van der Waals surface area contributed by atoms with E-state index in [1.807, 2.05) is 33.0 Å². The van der Waals surface area contributed by atoms with E-state index in [2.05, 4.69) is 34.6 Å². The zero-order valence-electron chi connectivity index (χ0n) is 12.6. The van der Waals surface area contributed by atoms with Gasteiger partial charge in [-0.3, -0.25) is 4.98 Å². The molecule has 0 aliphatic carbocycles. The molecule has 0 bridgehead atoms. The number of fused-ring (bicyclic) bond motifs is 1. The second-order valence-corrected chi connectivity index (χ2v) is 5.93. The molecule has 0 aliphatic rings. The van der Waals surface area contributed by atoms with Crippen LogP contribution < -0.4 is 5.32 Å². The van der Waals surface area contributed by atoms with Crippen molar-refractivity contribution in [2.45, 2.75) is 32.8 Å². The van der Waals surface area contributed by atoms with Crippen molar-refractivity contribution in [2.24, 2.45) is 5.92 Å². The van der Waals surface area contributed by atoms with Gasteiger partial charge < -0.3 is 10.4 Å². The van der Waals surface area contributed by atoms with Gasteiger partial charge in [0.1, 0.15) is 0 Å². The first-order valence-corrected chi connectivity index (χ1v) is 7.26. The molecular weight excluding hydrogens is 248 g/mol. The third kappa shape index (κ3) is 3.56. The monoisotopic (exact) mass is 272 g/mol. The van der Waals surface area contributed by atoms with Gasteiger partial charge in [0.2, 0.25) is 0 Å². The van der Waals surface area contributed by atoms with E-state index in [1.54, 1.807) is 0 Å². The Bertz CT molecular complexity index is 558. The van der Waals surface area contributed by atoms with E-state index >= 15 is 0 Å². The Morgan fingerprint density at radius 1 is 1.25 bits per heavy atom. The van der Waals surface area contributed by atoms with Crippen LogP contribution in [-0.2, 0) is 6.42 Å². The number of para-hydroxylation sites is 1. The van der Waals surface area contributed by atoms with Gasteiger partial charge in [-0.25, -0.2) is 0 Å². The zero-order valence-corrected chi connectivity index (χ0v) is 12.6. The highest BCUT2D eigenvalue weighted by molar-refractivity contribution is 5.81. The number of rotatable bonds is 6. The average Bonchev–Trinajstić information content (AvgIpc) is 2.43. The van der Waals surface area contributed by atoms with Gasteiger partial charge in [0.15, 0.2) is 0 Å². The number of aliphatic hydroxyl groups is 1. The van der Waals surface area contributed by atoms with Crippen LogP contribution in [0.15, 0.2) is 36.5 Å². The number of nitrogens with one attached hydrogen (secondary N) is 1. The highest BCUT2D eigenvalue weighted by atomic mass is 16.3. The van der Waals surface area contributed by atoms with Gasteiger partial charge in [-0.1, -0.05) is 38.1 Å². The van der Waals surface area contributed by atoms with Gasteiger partial charge >= 0.3 is 0 Å². The van der Waals surface area contributed by atoms with Gasteiger partial charge in [-0.2, -0.15) is 0 Å². The summed E-state index contributed by atoms with van der Waals surface area (Å²) in [6.45, 7) is 7.41. The minimum atomic E-state index is -0.656. The van der Waals surface area contributed by atoms with Gasteiger partial charge in [0.25, 0.3) is 0 Å². The minimum Gasteiger partial charge on any atom is -0.389 e. The molecule has 0 fully saturated rings. The predicted octanol–water partition coefficient (Wildman–Crippen LogP) is 2.77. The lowest BCUT2D eigenvalue weighted by Gasteiger charge is -2.28. The number of nitrogens with zero attached hydrogens (tertiary/aromatic N) is 1. The summed E-state index contributed by atoms with van der Waals surface area (Å²) in [6, 6.07) is 10.3. The molecule has 1 aromatic heterocycles. The number of hydrogen-bond donors (Lipinski definition) is 2. The summed E-state index contributed by atoms with van der Waals surface area (Å²) >= 11 is 0. The second kappa shape index (κ2) is 6.33. The predicted molar refractivity (Wildman–Crippen MR) is 83.8 cm³/mol. The third-order valence-corrected chi connectivity index (χ3v) is 4.01. The molecule has 0 aliphatic heterocycles. The standard InChI is InChI=1S/C17H24N2O/c1-13(2)17(3,20)12-18-11-9-15-7-4-6-14-8-5-10-19-16(14)15/h4-8,10,13,18,20H,9,11-12H2,1-3H3. The summed E-state index contributed by atoms with van der Waals surface area (Å²) in [5.41, 5.74) is 1.67. The smallest absolute Gasteiger partial charge is 0.0766 e. The lowest BCUT2D eigenvalue weighted by atomic mass is 9.92. The van der Waals surface area contributed by atoms with Crippen molar-refractivity contribution >= 4 is 10.9 Å². The molecule has 3 nitrogen and oxygen atoms in total. The van der Waals surface area contributed by atoms with Crippen LogP contribution in [0.2, 0.25) is 0 Å². The molecule has 0 saturated carbocycles. The van der Waals surface area contributed by atoms with Crippen molar-refractivity contribution in [1.29, 1.82) is 0 Å². The molecule has 2 aromatic rings. The molecule has 0 saturated heterocycles. The molecule has 2 rings (SSSR count). The van der Waals surface area contributed by atoms with Crippen LogP contribution in [0.3, 0.4) is 0 Å². The van der Waals surface area contributed by atoms with Crippen molar-refractivity contribution in [2.75, 3.05) is 13.1 Å². The first-order valence-electron chi connectivity index (χ1n) is 7.26. The number of pyridine rings is 1. The quantitative estimate of drug-likeness (QED) is 0.795. The first-order chi connectivity index (χ1) is 9.50. The highest BCUT2D eigenvalue weighted by Gasteiger charge is 2.23. The van der Waals surface area contributed by atoms with Gasteiger partial charge in [0, 0.05) is 18.1 Å². The summed E-state index contributed by atoms with van der Waals surface area (Å²) < 4.78 is 0. The number of aromatic nitrogens is 1. The Hall–Kier alpha value is -1.45. The van der Waals surface area contributed by atoms with E-state index < -0.39 is 5.60 Å². The van der Waals surface area contributed by atoms with Crippen LogP contribution in [0.25, 0.3) is 10.9 Å². The van der Waals surface area contributed by atoms with Crippen LogP contribution >= 0.6 is 0 Å². The van der Waals surface area contributed by atoms with E-state index in [9.17, 15) is 5.11 Å². The molecule has 2 N–H and O–H groups in total. The molecule has 108 valence electrons. The molecule has 1 unspecified atom stereocenters. The van der Waals surface area contributed by atoms with E-state index in [4.69, 9.17) is 0 Å². The fourth-order valence-corrected chi connectivity index (χ4v) is 2.14. The average molecular weight is 272 g/mol. The maximum Gasteiger partial charge on any atom is 0.0766 e. The maximum absolute atomic E-state index is 10.2. The molecular formula is C17H24N2O. The third-order valence-electron chi connectivity index (χ3n) is 4.01. The molecule has 0 spiro atoms. The summed E-state index contributed by atoms with van der Waals surface area (Å²) in [5, 5.41) is 14.7. The van der Waals surface area contributed by atoms with Crippen LogP contribution in [0.5, 0.6) is 0 Å². The largest absolute Gasteiger partial charge is 0.389 e. The topological polar surface area (TPSA) is 45.1 Å². The van der Waals surface area contributed by atoms with Crippen molar-refractivity contribution in [3.05, 3.63) is 42.1 Å². The Labute approximate surface area is 121 Å². The molecule has 1 aromatic carbocycles. The molecule has 20 heavy (non-hydrogen) atoms. The fourth-order valence-electron chi connectivity index (χ4n) is 2.14. The van der Waals surface area contributed by atoms with Gasteiger partial charge in [0.05, 0.1) is 11.1 Å². The molecule has 0 amide bonds. The minimum absolute atomic E-state index is 0.245. The van der Waals surface area contributed by atoms with E-state index in [1.165, 1.54) is 10.9 Å². The van der Waals surface area contributed by atoms with Crippen LogP contribution in [-0.4, -0.2) is 28.8 Å². The lowest BCUT2D eigenvalue weighted by Crippen LogP contribution is -2.42. The highest BCUT2D eigenvalue weighted by Crippen LogP contribution is 2.17. The van der Waals surface area contributed by atoms with E-state index in [0.29, 0.717) is 6.54 Å². The van der Waals surface area contributed by atoms with Crippen molar-refractivity contribution in [3.8, 4) is 0 Å². The van der Waals surface area contributed by atoms with Crippen molar-refractivity contribution in [3.63, 3.8) is 0 Å². The number of benzene rings is 1.